The third-order valence-corrected chi connectivity index (χ3v) is 5.60. The van der Waals surface area contributed by atoms with Crippen molar-refractivity contribution in [2.45, 2.75) is 43.4 Å². The summed E-state index contributed by atoms with van der Waals surface area (Å²) in [5.74, 6) is -0.108. The number of ether oxygens (including phenoxy) is 1. The maximum atomic E-state index is 12.7. The van der Waals surface area contributed by atoms with Gasteiger partial charge >= 0.3 is 5.97 Å². The smallest absolute Gasteiger partial charge is 0.336 e. The fourth-order valence-electron chi connectivity index (χ4n) is 2.77. The summed E-state index contributed by atoms with van der Waals surface area (Å²) in [6, 6.07) is 3.54. The van der Waals surface area contributed by atoms with E-state index in [1.807, 2.05) is 13.0 Å². The van der Waals surface area contributed by atoms with Crippen molar-refractivity contribution in [3.63, 3.8) is 0 Å². The van der Waals surface area contributed by atoms with Crippen LogP contribution in [0.2, 0.25) is 0 Å². The highest BCUT2D eigenvalue weighted by Gasteiger charge is 2.28. The fraction of sp³-hybridized carbons (Fsp3) is 0.562. The summed E-state index contributed by atoms with van der Waals surface area (Å²) >= 11 is 0. The SMILES string of the molecule is CCc1c(C(=O)O)ccc(C2CCC2)c1[S@](=O)CCOC. The molecule has 0 radical (unpaired) electrons. The van der Waals surface area contributed by atoms with Gasteiger partial charge < -0.3 is 9.84 Å². The number of rotatable bonds is 7. The first-order valence-corrected chi connectivity index (χ1v) is 8.68. The van der Waals surface area contributed by atoms with E-state index < -0.39 is 16.8 Å². The van der Waals surface area contributed by atoms with Crippen LogP contribution in [-0.4, -0.2) is 34.8 Å². The lowest BCUT2D eigenvalue weighted by Gasteiger charge is -2.29. The number of carboxylic acid groups (broad SMARTS) is 1. The van der Waals surface area contributed by atoms with Crippen LogP contribution in [0.3, 0.4) is 0 Å². The normalized spacial score (nSPS) is 16.5. The molecule has 0 bridgehead atoms. The van der Waals surface area contributed by atoms with E-state index in [4.69, 9.17) is 4.74 Å². The molecule has 5 heteroatoms. The lowest BCUT2D eigenvalue weighted by atomic mass is 9.79. The number of carboxylic acids is 1. The van der Waals surface area contributed by atoms with Crippen molar-refractivity contribution in [3.8, 4) is 0 Å². The topological polar surface area (TPSA) is 63.6 Å². The summed E-state index contributed by atoms with van der Waals surface area (Å²) in [6.45, 7) is 2.33. The van der Waals surface area contributed by atoms with Gasteiger partial charge in [-0.05, 0) is 42.4 Å². The maximum Gasteiger partial charge on any atom is 0.336 e. The minimum atomic E-state index is -1.21. The van der Waals surface area contributed by atoms with Gasteiger partial charge in [0.1, 0.15) is 0 Å². The highest BCUT2D eigenvalue weighted by molar-refractivity contribution is 7.85. The predicted molar refractivity (Wildman–Crippen MR) is 82.5 cm³/mol. The molecule has 1 N–H and O–H groups in total. The van der Waals surface area contributed by atoms with Crippen LogP contribution in [0.5, 0.6) is 0 Å². The van der Waals surface area contributed by atoms with E-state index in [1.54, 1.807) is 13.2 Å². The molecule has 1 aliphatic rings. The van der Waals surface area contributed by atoms with Gasteiger partial charge in [0.25, 0.3) is 0 Å². The third kappa shape index (κ3) is 3.35. The molecule has 0 aromatic heterocycles. The summed E-state index contributed by atoms with van der Waals surface area (Å²) < 4.78 is 17.7. The van der Waals surface area contributed by atoms with Gasteiger partial charge in [-0.2, -0.15) is 0 Å². The molecule has 0 aliphatic heterocycles. The van der Waals surface area contributed by atoms with Crippen LogP contribution in [0.15, 0.2) is 17.0 Å². The third-order valence-electron chi connectivity index (χ3n) is 4.12. The second-order valence-corrected chi connectivity index (χ2v) is 6.85. The quantitative estimate of drug-likeness (QED) is 0.841. The van der Waals surface area contributed by atoms with Gasteiger partial charge in [0, 0.05) is 12.0 Å². The van der Waals surface area contributed by atoms with Crippen LogP contribution < -0.4 is 0 Å². The van der Waals surface area contributed by atoms with Crippen molar-refractivity contribution in [3.05, 3.63) is 28.8 Å². The second kappa shape index (κ2) is 7.18. The molecule has 4 nitrogen and oxygen atoms in total. The Morgan fingerprint density at radius 2 is 2.14 bits per heavy atom. The molecule has 0 heterocycles. The van der Waals surface area contributed by atoms with Crippen LogP contribution in [0.1, 0.15) is 53.6 Å². The van der Waals surface area contributed by atoms with Crippen LogP contribution in [0, 0.1) is 0 Å². The first kappa shape index (κ1) is 16.2. The van der Waals surface area contributed by atoms with E-state index in [2.05, 4.69) is 0 Å². The van der Waals surface area contributed by atoms with E-state index >= 15 is 0 Å². The molecule has 1 atom stereocenters. The summed E-state index contributed by atoms with van der Waals surface area (Å²) in [4.78, 5) is 12.2. The Hall–Kier alpha value is -1.20. The van der Waals surface area contributed by atoms with Gasteiger partial charge in [-0.15, -0.1) is 0 Å². The number of carbonyl (C=O) groups is 1. The molecule has 1 saturated carbocycles. The molecule has 2 rings (SSSR count). The summed E-state index contributed by atoms with van der Waals surface area (Å²) in [7, 11) is 0.372. The molecule has 1 aliphatic carbocycles. The van der Waals surface area contributed by atoms with Crippen molar-refractivity contribution >= 4 is 16.8 Å². The van der Waals surface area contributed by atoms with Crippen LogP contribution in [0.4, 0.5) is 0 Å². The molecule has 1 fully saturated rings. The Kier molecular flexibility index (Phi) is 5.53. The van der Waals surface area contributed by atoms with Gasteiger partial charge in [0.2, 0.25) is 0 Å². The Morgan fingerprint density at radius 3 is 2.62 bits per heavy atom. The summed E-state index contributed by atoms with van der Waals surface area (Å²) in [6.07, 6.45) is 3.97. The standard InChI is InChI=1S/C16H22O4S/c1-3-12-14(16(17)18)8-7-13(11-5-4-6-11)15(12)21(19)10-9-20-2/h7-8,11H,3-6,9-10H2,1-2H3,(H,17,18)/t21-/m1/s1. The first-order valence-electron chi connectivity index (χ1n) is 7.36. The van der Waals surface area contributed by atoms with E-state index in [0.29, 0.717) is 24.7 Å². The average molecular weight is 310 g/mol. The zero-order valence-corrected chi connectivity index (χ0v) is 13.4. The second-order valence-electron chi connectivity index (χ2n) is 5.34. The molecule has 116 valence electrons. The van der Waals surface area contributed by atoms with E-state index in [9.17, 15) is 14.1 Å². The monoisotopic (exact) mass is 310 g/mol. The van der Waals surface area contributed by atoms with E-state index in [-0.39, 0.29) is 5.56 Å². The zero-order chi connectivity index (χ0) is 15.4. The van der Waals surface area contributed by atoms with Crippen molar-refractivity contribution in [1.82, 2.24) is 0 Å². The lowest BCUT2D eigenvalue weighted by Crippen LogP contribution is -2.18. The van der Waals surface area contributed by atoms with E-state index in [0.717, 1.165) is 28.9 Å². The fourth-order valence-corrected chi connectivity index (χ4v) is 4.32. The zero-order valence-electron chi connectivity index (χ0n) is 12.6. The van der Waals surface area contributed by atoms with Crippen molar-refractivity contribution in [2.24, 2.45) is 0 Å². The number of hydrogen-bond donors (Lipinski definition) is 1. The number of hydrogen-bond acceptors (Lipinski definition) is 3. The van der Waals surface area contributed by atoms with Crippen LogP contribution >= 0.6 is 0 Å². The minimum absolute atomic E-state index is 0.279. The van der Waals surface area contributed by atoms with Gasteiger partial charge in [0.05, 0.1) is 28.7 Å². The highest BCUT2D eigenvalue weighted by Crippen LogP contribution is 2.40. The summed E-state index contributed by atoms with van der Waals surface area (Å²) in [5, 5.41) is 9.36. The van der Waals surface area contributed by atoms with E-state index in [1.165, 1.54) is 6.42 Å². The van der Waals surface area contributed by atoms with Crippen LogP contribution in [-0.2, 0) is 22.0 Å². The highest BCUT2D eigenvalue weighted by atomic mass is 32.2. The minimum Gasteiger partial charge on any atom is -0.478 e. The predicted octanol–water partition coefficient (Wildman–Crippen LogP) is 2.97. The Labute approximate surface area is 128 Å². The Morgan fingerprint density at radius 1 is 1.43 bits per heavy atom. The largest absolute Gasteiger partial charge is 0.478 e. The lowest BCUT2D eigenvalue weighted by molar-refractivity contribution is 0.0695. The van der Waals surface area contributed by atoms with Gasteiger partial charge in [0.15, 0.2) is 0 Å². The van der Waals surface area contributed by atoms with Gasteiger partial charge in [-0.3, -0.25) is 4.21 Å². The molecule has 1 aromatic carbocycles. The number of aromatic carboxylic acids is 1. The number of benzene rings is 1. The molecule has 21 heavy (non-hydrogen) atoms. The van der Waals surface area contributed by atoms with Crippen molar-refractivity contribution in [1.29, 1.82) is 0 Å². The molecule has 0 unspecified atom stereocenters. The van der Waals surface area contributed by atoms with Crippen molar-refractivity contribution in [2.75, 3.05) is 19.5 Å². The summed E-state index contributed by atoms with van der Waals surface area (Å²) in [5.41, 5.74) is 2.08. The Bertz CT molecular complexity index is 549. The maximum absolute atomic E-state index is 12.7. The molecule has 1 aromatic rings. The number of methoxy groups -OCH3 is 1. The van der Waals surface area contributed by atoms with Gasteiger partial charge in [-0.1, -0.05) is 19.4 Å². The molecule has 0 saturated heterocycles. The molecule has 0 amide bonds. The van der Waals surface area contributed by atoms with Crippen molar-refractivity contribution < 1.29 is 18.8 Å². The average Bonchev–Trinajstić information content (AvgIpc) is 2.41. The molecular weight excluding hydrogens is 288 g/mol. The van der Waals surface area contributed by atoms with Gasteiger partial charge in [-0.25, -0.2) is 4.79 Å². The first-order chi connectivity index (χ1) is 10.1. The molecular formula is C16H22O4S. The molecule has 0 spiro atoms. The Balaban J connectivity index is 2.50. The van der Waals surface area contributed by atoms with Crippen LogP contribution in [0.25, 0.3) is 0 Å².